The van der Waals surface area contributed by atoms with Crippen molar-refractivity contribution in [3.8, 4) is 6.07 Å². The Morgan fingerprint density at radius 2 is 1.79 bits per heavy atom. The van der Waals surface area contributed by atoms with E-state index in [0.29, 0.717) is 39.8 Å². The Balaban J connectivity index is 1.45. The van der Waals surface area contributed by atoms with Crippen molar-refractivity contribution in [1.29, 1.82) is 5.26 Å². The van der Waals surface area contributed by atoms with Crippen LogP contribution in [0.15, 0.2) is 72.8 Å². The number of rotatable bonds is 6. The largest absolute Gasteiger partial charge is 0.452 e. The number of nitrogens with one attached hydrogen (secondary N) is 1. The summed E-state index contributed by atoms with van der Waals surface area (Å²) in [7, 11) is 0. The molecule has 39 heavy (non-hydrogen) atoms. The Bertz CT molecular complexity index is 1690. The number of allylic oxidation sites excluding steroid dienone is 1. The molecule has 0 saturated carbocycles. The molecular weight excluding hydrogens is 496 g/mol. The van der Waals surface area contributed by atoms with Crippen molar-refractivity contribution < 1.29 is 19.2 Å². The fraction of sp³-hybridized carbons (Fsp3) is 0.133. The predicted molar refractivity (Wildman–Crippen MR) is 146 cm³/mol. The monoisotopic (exact) mass is 518 g/mol. The van der Waals surface area contributed by atoms with Crippen molar-refractivity contribution in [3.05, 3.63) is 111 Å². The van der Waals surface area contributed by atoms with Gasteiger partial charge in [-0.15, -0.1) is 0 Å². The van der Waals surface area contributed by atoms with Crippen molar-refractivity contribution in [1.82, 2.24) is 4.98 Å². The minimum Gasteiger partial charge on any atom is -0.452 e. The second-order valence-electron chi connectivity index (χ2n) is 8.98. The highest BCUT2D eigenvalue weighted by atomic mass is 16.6. The summed E-state index contributed by atoms with van der Waals surface area (Å²) in [5.41, 5.74) is 4.77. The number of hydrogen-bond donors (Lipinski definition) is 1. The molecular formula is C30H22N4O5. The molecule has 0 atom stereocenters. The predicted octanol–water partition coefficient (Wildman–Crippen LogP) is 5.69. The van der Waals surface area contributed by atoms with Crippen LogP contribution in [0.3, 0.4) is 0 Å². The van der Waals surface area contributed by atoms with Gasteiger partial charge in [0.25, 0.3) is 11.6 Å². The SMILES string of the molecule is N#Cc1ccccc1NC(=O)COC(=O)c1c2c(nc3ccccc13)/C(=C/c1ccc([N+](=O)[O-])cc1)CCC2. The van der Waals surface area contributed by atoms with Gasteiger partial charge in [-0.25, -0.2) is 9.78 Å². The average molecular weight is 519 g/mol. The van der Waals surface area contributed by atoms with Crippen molar-refractivity contribution in [2.45, 2.75) is 19.3 Å². The summed E-state index contributed by atoms with van der Waals surface area (Å²) in [5, 5.41) is 23.5. The highest BCUT2D eigenvalue weighted by Gasteiger charge is 2.26. The van der Waals surface area contributed by atoms with Crippen LogP contribution in [-0.2, 0) is 16.0 Å². The molecule has 192 valence electrons. The molecule has 1 amide bonds. The third-order valence-electron chi connectivity index (χ3n) is 6.48. The number of ether oxygens (including phenoxy) is 1. The number of nitro groups is 1. The number of anilines is 1. The van der Waals surface area contributed by atoms with Crippen LogP contribution in [0.1, 0.15) is 45.6 Å². The van der Waals surface area contributed by atoms with E-state index < -0.39 is 23.4 Å². The fourth-order valence-corrected chi connectivity index (χ4v) is 4.68. The van der Waals surface area contributed by atoms with Crippen LogP contribution in [-0.4, -0.2) is 28.4 Å². The zero-order valence-corrected chi connectivity index (χ0v) is 20.7. The molecule has 1 aliphatic carbocycles. The van der Waals surface area contributed by atoms with Crippen LogP contribution >= 0.6 is 0 Å². The maximum Gasteiger partial charge on any atom is 0.339 e. The molecule has 0 fully saturated rings. The topological polar surface area (TPSA) is 135 Å². The Kier molecular flexibility index (Phi) is 7.10. The van der Waals surface area contributed by atoms with Crippen molar-refractivity contribution in [2.75, 3.05) is 11.9 Å². The van der Waals surface area contributed by atoms with Crippen LogP contribution in [0, 0.1) is 21.4 Å². The van der Waals surface area contributed by atoms with E-state index in [0.717, 1.165) is 29.5 Å². The van der Waals surface area contributed by atoms with Gasteiger partial charge < -0.3 is 10.1 Å². The summed E-state index contributed by atoms with van der Waals surface area (Å²) in [5.74, 6) is -1.19. The van der Waals surface area contributed by atoms with Crippen LogP contribution in [0.4, 0.5) is 11.4 Å². The van der Waals surface area contributed by atoms with Gasteiger partial charge in [0.05, 0.1) is 32.9 Å². The number of hydrogen-bond acceptors (Lipinski definition) is 7. The van der Waals surface area contributed by atoms with Crippen LogP contribution in [0.25, 0.3) is 22.6 Å². The maximum atomic E-state index is 13.4. The highest BCUT2D eigenvalue weighted by molar-refractivity contribution is 6.07. The third-order valence-corrected chi connectivity index (χ3v) is 6.48. The number of nitrogens with zero attached hydrogens (tertiary/aromatic N) is 3. The molecule has 1 N–H and O–H groups in total. The lowest BCUT2D eigenvalue weighted by Crippen LogP contribution is -2.23. The van der Waals surface area contributed by atoms with E-state index in [2.05, 4.69) is 5.32 Å². The van der Waals surface area contributed by atoms with Crippen LogP contribution in [0.5, 0.6) is 0 Å². The van der Waals surface area contributed by atoms with E-state index in [1.165, 1.54) is 12.1 Å². The zero-order chi connectivity index (χ0) is 27.4. The highest BCUT2D eigenvalue weighted by Crippen LogP contribution is 2.36. The lowest BCUT2D eigenvalue weighted by Gasteiger charge is -2.22. The van der Waals surface area contributed by atoms with Gasteiger partial charge in [0.1, 0.15) is 6.07 Å². The first kappa shape index (κ1) is 25.3. The van der Waals surface area contributed by atoms with E-state index in [-0.39, 0.29) is 5.69 Å². The first-order chi connectivity index (χ1) is 18.9. The Hall–Kier alpha value is -5.36. The minimum absolute atomic E-state index is 0.00972. The number of carbonyl (C=O) groups excluding carboxylic acids is 2. The number of benzene rings is 3. The Morgan fingerprint density at radius 3 is 2.56 bits per heavy atom. The summed E-state index contributed by atoms with van der Waals surface area (Å²) >= 11 is 0. The van der Waals surface area contributed by atoms with Gasteiger partial charge in [0, 0.05) is 17.5 Å². The number of amides is 1. The molecule has 5 rings (SSSR count). The van der Waals surface area contributed by atoms with E-state index in [1.54, 1.807) is 42.5 Å². The number of aromatic nitrogens is 1. The molecule has 0 spiro atoms. The summed E-state index contributed by atoms with van der Waals surface area (Å²) < 4.78 is 5.45. The van der Waals surface area contributed by atoms with Gasteiger partial charge in [0.2, 0.25) is 0 Å². The van der Waals surface area contributed by atoms with Gasteiger partial charge in [-0.05, 0) is 72.4 Å². The van der Waals surface area contributed by atoms with Crippen molar-refractivity contribution >= 4 is 45.8 Å². The van der Waals surface area contributed by atoms with Crippen molar-refractivity contribution in [2.24, 2.45) is 0 Å². The number of esters is 1. The standard InChI is InChI=1S/C30H22N4O5/c31-17-21-6-1-3-10-25(21)32-27(35)18-39-30(36)28-23-8-2-4-11-26(23)33-29-20(7-5-9-24(28)29)16-19-12-14-22(15-13-19)34(37)38/h1-4,6,8,10-16H,5,7,9,18H2,(H,32,35)/b20-16+. The number of nitro benzene ring substituents is 1. The number of pyridine rings is 1. The van der Waals surface area contributed by atoms with Crippen molar-refractivity contribution in [3.63, 3.8) is 0 Å². The van der Waals surface area contributed by atoms with E-state index in [1.807, 2.05) is 30.3 Å². The number of fused-ring (bicyclic) bond motifs is 2. The zero-order valence-electron chi connectivity index (χ0n) is 20.7. The molecule has 9 heteroatoms. The normalized spacial score (nSPS) is 13.4. The number of carbonyl (C=O) groups is 2. The molecule has 4 aromatic rings. The molecule has 0 aliphatic heterocycles. The van der Waals surface area contributed by atoms with Gasteiger partial charge >= 0.3 is 5.97 Å². The molecule has 1 aromatic heterocycles. The van der Waals surface area contributed by atoms with Crippen LogP contribution < -0.4 is 5.32 Å². The summed E-state index contributed by atoms with van der Waals surface area (Å²) in [4.78, 5) is 41.4. The van der Waals surface area contributed by atoms with Gasteiger partial charge in [-0.1, -0.05) is 30.3 Å². The molecule has 0 bridgehead atoms. The minimum atomic E-state index is -0.634. The van der Waals surface area contributed by atoms with E-state index in [9.17, 15) is 25.0 Å². The lowest BCUT2D eigenvalue weighted by molar-refractivity contribution is -0.384. The average Bonchev–Trinajstić information content (AvgIpc) is 2.95. The Labute approximate surface area is 223 Å². The fourth-order valence-electron chi connectivity index (χ4n) is 4.68. The molecule has 1 heterocycles. The molecule has 0 saturated heterocycles. The smallest absolute Gasteiger partial charge is 0.339 e. The Morgan fingerprint density at radius 1 is 1.05 bits per heavy atom. The van der Waals surface area contributed by atoms with Gasteiger partial charge in [0.15, 0.2) is 6.61 Å². The summed E-state index contributed by atoms with van der Waals surface area (Å²) in [6, 6.07) is 22.1. The van der Waals surface area contributed by atoms with Gasteiger partial charge in [-0.2, -0.15) is 5.26 Å². The number of para-hydroxylation sites is 2. The second-order valence-corrected chi connectivity index (χ2v) is 8.98. The molecule has 0 radical (unpaired) electrons. The quantitative estimate of drug-likeness (QED) is 0.197. The van der Waals surface area contributed by atoms with Gasteiger partial charge in [-0.3, -0.25) is 14.9 Å². The van der Waals surface area contributed by atoms with E-state index >= 15 is 0 Å². The first-order valence-corrected chi connectivity index (χ1v) is 12.3. The molecule has 3 aromatic carbocycles. The number of non-ortho nitro benzene ring substituents is 1. The molecule has 9 nitrogen and oxygen atoms in total. The van der Waals surface area contributed by atoms with Crippen LogP contribution in [0.2, 0.25) is 0 Å². The maximum absolute atomic E-state index is 13.4. The third kappa shape index (κ3) is 5.36. The second kappa shape index (κ2) is 10.9. The molecule has 0 unspecified atom stereocenters. The lowest BCUT2D eigenvalue weighted by atomic mass is 9.86. The summed E-state index contributed by atoms with van der Waals surface area (Å²) in [6.45, 7) is -0.518. The first-order valence-electron chi connectivity index (χ1n) is 12.3. The molecule has 1 aliphatic rings. The number of nitriles is 1. The summed E-state index contributed by atoms with van der Waals surface area (Å²) in [6.07, 6.45) is 4.04. The van der Waals surface area contributed by atoms with E-state index in [4.69, 9.17) is 9.72 Å².